The molecule has 0 saturated carbocycles. The van der Waals surface area contributed by atoms with E-state index in [9.17, 15) is 19.5 Å². The Morgan fingerprint density at radius 3 is 2.64 bits per heavy atom. The Hall–Kier alpha value is -4.51. The maximum absolute atomic E-state index is 13.9. The third-order valence-electron chi connectivity index (χ3n) is 6.57. The van der Waals surface area contributed by atoms with Gasteiger partial charge in [0, 0.05) is 22.1 Å². The number of furan rings is 1. The summed E-state index contributed by atoms with van der Waals surface area (Å²) in [5.41, 5.74) is 1.62. The first kappa shape index (κ1) is 27.6. The first-order valence-electron chi connectivity index (χ1n) is 12.8. The van der Waals surface area contributed by atoms with Gasteiger partial charge in [-0.3, -0.25) is 9.36 Å². The van der Waals surface area contributed by atoms with Gasteiger partial charge in [-0.05, 0) is 48.7 Å². The van der Waals surface area contributed by atoms with Crippen molar-refractivity contribution >= 4 is 58.0 Å². The largest absolute Gasteiger partial charge is 0.478 e. The number of hydrogen-bond acceptors (Lipinski definition) is 8. The molecule has 11 heteroatoms. The Bertz CT molecular complexity index is 2040. The molecule has 1 aliphatic rings. The number of thiophene rings is 1. The van der Waals surface area contributed by atoms with Crippen LogP contribution in [0.3, 0.4) is 0 Å². The number of aromatic nitrogens is 1. The highest BCUT2D eigenvalue weighted by Crippen LogP contribution is 2.37. The van der Waals surface area contributed by atoms with Gasteiger partial charge in [-0.2, -0.15) is 0 Å². The molecule has 0 bridgehead atoms. The van der Waals surface area contributed by atoms with Gasteiger partial charge in [0.2, 0.25) is 0 Å². The average Bonchev–Trinajstić information content (AvgIpc) is 3.75. The van der Waals surface area contributed by atoms with Crippen molar-refractivity contribution in [3.05, 3.63) is 130 Å². The van der Waals surface area contributed by atoms with Gasteiger partial charge in [0.05, 0.1) is 33.0 Å². The smallest absolute Gasteiger partial charge is 0.338 e. The number of aromatic carboxylic acids is 1. The van der Waals surface area contributed by atoms with E-state index in [1.807, 2.05) is 47.8 Å². The molecule has 210 valence electrons. The normalized spacial score (nSPS) is 14.9. The Labute approximate surface area is 251 Å². The van der Waals surface area contributed by atoms with E-state index in [2.05, 4.69) is 0 Å². The summed E-state index contributed by atoms with van der Waals surface area (Å²) in [5, 5.41) is 11.6. The van der Waals surface area contributed by atoms with E-state index in [0.717, 1.165) is 10.4 Å². The van der Waals surface area contributed by atoms with Crippen LogP contribution in [0.15, 0.2) is 98.0 Å². The third-order valence-corrected chi connectivity index (χ3v) is 8.80. The van der Waals surface area contributed by atoms with Crippen molar-refractivity contribution in [3.8, 4) is 11.3 Å². The molecular weight excluding hydrogens is 596 g/mol. The second-order valence-corrected chi connectivity index (χ2v) is 11.5. The summed E-state index contributed by atoms with van der Waals surface area (Å²) in [6.45, 7) is 1.91. The van der Waals surface area contributed by atoms with Gasteiger partial charge in [-0.1, -0.05) is 59.3 Å². The van der Waals surface area contributed by atoms with Gasteiger partial charge in [0.1, 0.15) is 17.6 Å². The van der Waals surface area contributed by atoms with Crippen LogP contribution in [0, 0.1) is 0 Å². The summed E-state index contributed by atoms with van der Waals surface area (Å²) in [7, 11) is 0. The van der Waals surface area contributed by atoms with Crippen LogP contribution in [0.4, 0.5) is 0 Å². The fraction of sp³-hybridized carbons (Fsp3) is 0.0968. The van der Waals surface area contributed by atoms with Crippen LogP contribution in [0.5, 0.6) is 0 Å². The molecule has 1 N–H and O–H groups in total. The van der Waals surface area contributed by atoms with Crippen molar-refractivity contribution in [1.29, 1.82) is 0 Å². The van der Waals surface area contributed by atoms with E-state index in [1.54, 1.807) is 25.1 Å². The van der Waals surface area contributed by atoms with Gasteiger partial charge in [0.25, 0.3) is 5.56 Å². The predicted octanol–water partition coefficient (Wildman–Crippen LogP) is 5.61. The van der Waals surface area contributed by atoms with Crippen LogP contribution in [0.25, 0.3) is 23.1 Å². The maximum Gasteiger partial charge on any atom is 0.338 e. The molecule has 4 heterocycles. The number of rotatable bonds is 7. The molecule has 42 heavy (non-hydrogen) atoms. The minimum Gasteiger partial charge on any atom is -0.478 e. The molecule has 8 nitrogen and oxygen atoms in total. The lowest BCUT2D eigenvalue weighted by Gasteiger charge is -2.24. The summed E-state index contributed by atoms with van der Waals surface area (Å²) < 4.78 is 13.3. The highest BCUT2D eigenvalue weighted by atomic mass is 35.5. The lowest BCUT2D eigenvalue weighted by molar-refractivity contribution is -0.138. The monoisotopic (exact) mass is 616 g/mol. The van der Waals surface area contributed by atoms with Gasteiger partial charge in [-0.25, -0.2) is 14.6 Å². The third kappa shape index (κ3) is 5.04. The summed E-state index contributed by atoms with van der Waals surface area (Å²) in [5.74, 6) is -0.899. The number of carboxylic acids is 1. The molecule has 0 spiro atoms. The molecule has 0 radical (unpaired) electrons. The van der Waals surface area contributed by atoms with Crippen LogP contribution in [0.1, 0.15) is 39.5 Å². The first-order chi connectivity index (χ1) is 20.4. The van der Waals surface area contributed by atoms with Crippen molar-refractivity contribution < 1.29 is 23.8 Å². The Kier molecular flexibility index (Phi) is 7.51. The Morgan fingerprint density at radius 2 is 1.93 bits per heavy atom. The maximum atomic E-state index is 13.9. The molecule has 2 aromatic carbocycles. The number of fused-ring (bicyclic) bond motifs is 1. The fourth-order valence-electron chi connectivity index (χ4n) is 4.71. The standard InChI is InChI=1S/C31H21ClN2O6S2/c1-2-39-30(38)25-26(17-7-4-3-5-8-17)33-31-34(27(25)23-9-6-14-41-23)28(35)24(42-31)16-19-11-13-22(40-19)20-15-18(29(36)37)10-12-21(20)32/h3-16,27H,2H2,1H3,(H,36,37)/b24-16-/t27-/m1/s1. The number of esters is 1. The number of carboxylic acid groups (broad SMARTS) is 1. The minimum atomic E-state index is -1.09. The van der Waals surface area contributed by atoms with Crippen LogP contribution < -0.4 is 14.9 Å². The summed E-state index contributed by atoms with van der Waals surface area (Å²) in [6.07, 6.45) is 1.60. The first-order valence-corrected chi connectivity index (χ1v) is 14.9. The number of carbonyl (C=O) groups is 2. The van der Waals surface area contributed by atoms with E-state index >= 15 is 0 Å². The molecule has 0 amide bonds. The number of carbonyl (C=O) groups excluding carboxylic acids is 1. The van der Waals surface area contributed by atoms with Crippen molar-refractivity contribution in [3.63, 3.8) is 0 Å². The highest BCUT2D eigenvalue weighted by molar-refractivity contribution is 7.10. The van der Waals surface area contributed by atoms with E-state index in [4.69, 9.17) is 25.7 Å². The molecule has 6 rings (SSSR count). The topological polar surface area (TPSA) is 111 Å². The second kappa shape index (κ2) is 11.4. The molecule has 5 aromatic rings. The van der Waals surface area contributed by atoms with E-state index in [1.165, 1.54) is 45.4 Å². The van der Waals surface area contributed by atoms with Crippen molar-refractivity contribution in [1.82, 2.24) is 4.57 Å². The molecule has 1 aliphatic heterocycles. The van der Waals surface area contributed by atoms with Gasteiger partial charge in [0.15, 0.2) is 4.80 Å². The Morgan fingerprint density at radius 1 is 1.12 bits per heavy atom. The summed E-state index contributed by atoms with van der Waals surface area (Å²) >= 11 is 8.94. The zero-order valence-corrected chi connectivity index (χ0v) is 24.3. The lowest BCUT2D eigenvalue weighted by atomic mass is 9.97. The van der Waals surface area contributed by atoms with Crippen molar-refractivity contribution in [2.75, 3.05) is 6.61 Å². The zero-order chi connectivity index (χ0) is 29.4. The van der Waals surface area contributed by atoms with E-state index in [-0.39, 0.29) is 23.3 Å². The van der Waals surface area contributed by atoms with Crippen LogP contribution in [-0.4, -0.2) is 28.2 Å². The van der Waals surface area contributed by atoms with Gasteiger partial charge in [-0.15, -0.1) is 11.3 Å². The summed E-state index contributed by atoms with van der Waals surface area (Å²) in [6, 6.07) is 20.0. The van der Waals surface area contributed by atoms with Gasteiger partial charge >= 0.3 is 11.9 Å². The molecule has 3 aromatic heterocycles. The molecule has 1 atom stereocenters. The van der Waals surface area contributed by atoms with Gasteiger partial charge < -0.3 is 14.3 Å². The Balaban J connectivity index is 1.52. The number of benzene rings is 2. The quantitative estimate of drug-likeness (QED) is 0.238. The van der Waals surface area contributed by atoms with E-state index in [0.29, 0.717) is 37.1 Å². The van der Waals surface area contributed by atoms with Crippen LogP contribution in [0.2, 0.25) is 5.02 Å². The predicted molar refractivity (Wildman–Crippen MR) is 161 cm³/mol. The van der Waals surface area contributed by atoms with E-state index < -0.39 is 18.0 Å². The lowest BCUT2D eigenvalue weighted by Crippen LogP contribution is -2.39. The highest BCUT2D eigenvalue weighted by Gasteiger charge is 2.35. The number of thiazole rings is 1. The molecule has 0 unspecified atom stereocenters. The molecule has 0 saturated heterocycles. The second-order valence-electron chi connectivity index (χ2n) is 9.15. The number of hydrogen-bond donors (Lipinski definition) is 1. The fourth-order valence-corrected chi connectivity index (χ4v) is 6.72. The van der Waals surface area contributed by atoms with Crippen molar-refractivity contribution in [2.45, 2.75) is 13.0 Å². The van der Waals surface area contributed by atoms with Crippen LogP contribution in [-0.2, 0) is 9.53 Å². The number of halogens is 1. The number of nitrogens with zero attached hydrogens (tertiary/aromatic N) is 2. The minimum absolute atomic E-state index is 0.0702. The van der Waals surface area contributed by atoms with Crippen LogP contribution >= 0.6 is 34.3 Å². The molecular formula is C31H21ClN2O6S2. The molecule has 0 fully saturated rings. The average molecular weight is 617 g/mol. The van der Waals surface area contributed by atoms with Crippen molar-refractivity contribution in [2.24, 2.45) is 4.99 Å². The zero-order valence-electron chi connectivity index (χ0n) is 21.9. The molecule has 0 aliphatic carbocycles. The SMILES string of the molecule is CCOC(=O)C1=C(c2ccccc2)N=c2s/c(=C\c3ccc(-c4cc(C(=O)O)ccc4Cl)o3)c(=O)n2[C@@H]1c1cccs1. The summed E-state index contributed by atoms with van der Waals surface area (Å²) in [4.78, 5) is 44.8. The number of ether oxygens (including phenoxy) is 1.